The molecule has 3 aromatic rings. The highest BCUT2D eigenvalue weighted by Crippen LogP contribution is 2.31. The molecule has 3 aromatic heterocycles. The quantitative estimate of drug-likeness (QED) is 0.770. The summed E-state index contributed by atoms with van der Waals surface area (Å²) in [5.74, 6) is 0.0430. The Morgan fingerprint density at radius 1 is 1.42 bits per heavy atom. The average molecular weight is 369 g/mol. The van der Waals surface area contributed by atoms with Crippen LogP contribution in [0.5, 0.6) is 0 Å². The molecule has 1 saturated heterocycles. The molecule has 1 aliphatic rings. The number of nitrogens with zero attached hydrogens (tertiary/aromatic N) is 4. The van der Waals surface area contributed by atoms with Gasteiger partial charge >= 0.3 is 0 Å². The number of piperidine rings is 1. The van der Waals surface area contributed by atoms with E-state index in [2.05, 4.69) is 5.10 Å². The molecule has 6 nitrogen and oxygen atoms in total. The number of pyridine rings is 1. The maximum atomic E-state index is 13.5. The average Bonchev–Trinajstić information content (AvgIpc) is 3.29. The van der Waals surface area contributed by atoms with Crippen molar-refractivity contribution in [2.45, 2.75) is 32.2 Å². The zero-order valence-electron chi connectivity index (χ0n) is 15.1. The Balaban J connectivity index is 1.88. The van der Waals surface area contributed by atoms with Gasteiger partial charge in [-0.05, 0) is 43.7 Å². The Hall–Kier alpha value is -2.25. The van der Waals surface area contributed by atoms with E-state index in [9.17, 15) is 4.79 Å². The summed E-state index contributed by atoms with van der Waals surface area (Å²) in [6.07, 6.45) is 3.13. The second kappa shape index (κ2) is 6.81. The van der Waals surface area contributed by atoms with Gasteiger partial charge in [0.25, 0.3) is 5.91 Å². The number of thiophene rings is 1. The first kappa shape index (κ1) is 17.2. The molecule has 0 spiro atoms. The lowest BCUT2D eigenvalue weighted by Crippen LogP contribution is -2.47. The molecule has 0 saturated carbocycles. The molecule has 1 unspecified atom stereocenters. The van der Waals surface area contributed by atoms with E-state index in [-0.39, 0.29) is 11.9 Å². The van der Waals surface area contributed by atoms with Gasteiger partial charge in [-0.2, -0.15) is 5.10 Å². The summed E-state index contributed by atoms with van der Waals surface area (Å²) in [5, 5.41) is 7.37. The van der Waals surface area contributed by atoms with Crippen LogP contribution in [-0.2, 0) is 7.05 Å². The highest BCUT2D eigenvalue weighted by atomic mass is 32.1. The van der Waals surface area contributed by atoms with E-state index >= 15 is 0 Å². The molecular weight excluding hydrogens is 346 g/mol. The zero-order valence-corrected chi connectivity index (χ0v) is 15.9. The fourth-order valence-electron chi connectivity index (χ4n) is 3.83. The molecule has 1 atom stereocenters. The molecule has 1 aliphatic heterocycles. The van der Waals surface area contributed by atoms with Crippen LogP contribution in [0.3, 0.4) is 0 Å². The van der Waals surface area contributed by atoms with Crippen molar-refractivity contribution in [3.8, 4) is 10.6 Å². The first-order chi connectivity index (χ1) is 12.6. The predicted molar refractivity (Wildman–Crippen MR) is 104 cm³/mol. The molecule has 4 rings (SSSR count). The third-order valence-corrected chi connectivity index (χ3v) is 6.03. The van der Waals surface area contributed by atoms with Crippen molar-refractivity contribution in [3.63, 3.8) is 0 Å². The third-order valence-electron chi connectivity index (χ3n) is 5.13. The number of carbonyl (C=O) groups excluding carboxylic acids is 1. The summed E-state index contributed by atoms with van der Waals surface area (Å²) >= 11 is 1.62. The lowest BCUT2D eigenvalue weighted by Gasteiger charge is -2.35. The number of likely N-dealkylation sites (tertiary alicyclic amines) is 1. The number of carbonyl (C=O) groups is 1. The van der Waals surface area contributed by atoms with Gasteiger partial charge in [0.15, 0.2) is 5.65 Å². The van der Waals surface area contributed by atoms with Gasteiger partial charge < -0.3 is 10.6 Å². The predicted octanol–water partition coefficient (Wildman–Crippen LogP) is 2.96. The summed E-state index contributed by atoms with van der Waals surface area (Å²) < 4.78 is 1.76. The first-order valence-corrected chi connectivity index (χ1v) is 9.87. The molecule has 2 N–H and O–H groups in total. The molecule has 1 fully saturated rings. The summed E-state index contributed by atoms with van der Waals surface area (Å²) in [6, 6.07) is 6.06. The maximum absolute atomic E-state index is 13.5. The Bertz CT molecular complexity index is 947. The van der Waals surface area contributed by atoms with E-state index in [1.807, 2.05) is 42.5 Å². The number of rotatable bonds is 3. The van der Waals surface area contributed by atoms with Gasteiger partial charge in [-0.15, -0.1) is 11.3 Å². The Morgan fingerprint density at radius 3 is 3.00 bits per heavy atom. The lowest BCUT2D eigenvalue weighted by molar-refractivity contribution is 0.0625. The van der Waals surface area contributed by atoms with Gasteiger partial charge in [0.1, 0.15) is 0 Å². The van der Waals surface area contributed by atoms with Crippen molar-refractivity contribution in [1.29, 1.82) is 0 Å². The third kappa shape index (κ3) is 2.81. The number of hydrogen-bond donors (Lipinski definition) is 1. The number of nitrogens with two attached hydrogens (primary N) is 1. The molecule has 0 aromatic carbocycles. The molecule has 136 valence electrons. The molecule has 4 heterocycles. The van der Waals surface area contributed by atoms with Crippen LogP contribution in [0, 0.1) is 6.92 Å². The van der Waals surface area contributed by atoms with Gasteiger partial charge in [0, 0.05) is 26.2 Å². The Kier molecular flexibility index (Phi) is 4.50. The number of hydrogen-bond acceptors (Lipinski definition) is 5. The molecule has 26 heavy (non-hydrogen) atoms. The second-order valence-corrected chi connectivity index (χ2v) is 7.77. The van der Waals surface area contributed by atoms with Crippen molar-refractivity contribution in [1.82, 2.24) is 19.7 Å². The maximum Gasteiger partial charge on any atom is 0.255 e. The summed E-state index contributed by atoms with van der Waals surface area (Å²) in [7, 11) is 1.87. The van der Waals surface area contributed by atoms with Crippen LogP contribution in [0.25, 0.3) is 21.6 Å². The van der Waals surface area contributed by atoms with Crippen LogP contribution in [0.2, 0.25) is 0 Å². The summed E-state index contributed by atoms with van der Waals surface area (Å²) in [6.45, 7) is 3.20. The second-order valence-electron chi connectivity index (χ2n) is 6.82. The van der Waals surface area contributed by atoms with Gasteiger partial charge in [0.2, 0.25) is 0 Å². The molecule has 0 aliphatic carbocycles. The molecule has 0 radical (unpaired) electrons. The van der Waals surface area contributed by atoms with Crippen molar-refractivity contribution < 1.29 is 4.79 Å². The largest absolute Gasteiger partial charge is 0.334 e. The standard InChI is InChI=1S/C19H23N5OS/c1-12-17-14(19(25)24-8-4-3-6-13(24)11-20)10-15(16-7-5-9-26-16)21-18(17)23(2)22-12/h5,7,9-10,13H,3-4,6,8,11,20H2,1-2H3. The Morgan fingerprint density at radius 2 is 2.27 bits per heavy atom. The summed E-state index contributed by atoms with van der Waals surface area (Å²) in [4.78, 5) is 21.3. The van der Waals surface area contributed by atoms with Crippen LogP contribution in [0.15, 0.2) is 23.6 Å². The highest BCUT2D eigenvalue weighted by molar-refractivity contribution is 7.13. The molecule has 7 heteroatoms. The van der Waals surface area contributed by atoms with E-state index in [1.54, 1.807) is 16.0 Å². The highest BCUT2D eigenvalue weighted by Gasteiger charge is 2.29. The zero-order chi connectivity index (χ0) is 18.3. The number of amides is 1. The Labute approximate surface area is 156 Å². The molecule has 0 bridgehead atoms. The minimum atomic E-state index is 0.0430. The van der Waals surface area contributed by atoms with Crippen LogP contribution in [0.4, 0.5) is 0 Å². The van der Waals surface area contributed by atoms with Gasteiger partial charge in [-0.1, -0.05) is 6.07 Å². The van der Waals surface area contributed by atoms with Crippen molar-refractivity contribution in [2.75, 3.05) is 13.1 Å². The molecular formula is C19H23N5OS. The molecule has 1 amide bonds. The number of fused-ring (bicyclic) bond motifs is 1. The van der Waals surface area contributed by atoms with Crippen LogP contribution in [-0.4, -0.2) is 44.7 Å². The fraction of sp³-hybridized carbons (Fsp3) is 0.421. The van der Waals surface area contributed by atoms with Crippen molar-refractivity contribution >= 4 is 28.3 Å². The van der Waals surface area contributed by atoms with Crippen LogP contribution < -0.4 is 5.73 Å². The topological polar surface area (TPSA) is 77.0 Å². The van der Waals surface area contributed by atoms with Gasteiger partial charge in [-0.25, -0.2) is 4.98 Å². The monoisotopic (exact) mass is 369 g/mol. The van der Waals surface area contributed by atoms with Gasteiger partial charge in [0.05, 0.1) is 27.2 Å². The summed E-state index contributed by atoms with van der Waals surface area (Å²) in [5.41, 5.74) is 9.03. The van der Waals surface area contributed by atoms with Crippen LogP contribution in [0.1, 0.15) is 35.3 Å². The minimum Gasteiger partial charge on any atom is -0.334 e. The minimum absolute atomic E-state index is 0.0430. The van der Waals surface area contributed by atoms with E-state index in [4.69, 9.17) is 10.7 Å². The number of aryl methyl sites for hydroxylation is 2. The van der Waals surface area contributed by atoms with Crippen molar-refractivity contribution in [2.24, 2.45) is 12.8 Å². The number of aromatic nitrogens is 3. The normalized spacial score (nSPS) is 17.8. The van der Waals surface area contributed by atoms with E-state index in [0.717, 1.165) is 53.1 Å². The van der Waals surface area contributed by atoms with Crippen molar-refractivity contribution in [3.05, 3.63) is 34.8 Å². The fourth-order valence-corrected chi connectivity index (χ4v) is 4.52. The van der Waals surface area contributed by atoms with E-state index in [0.29, 0.717) is 12.1 Å². The lowest BCUT2D eigenvalue weighted by atomic mass is 9.99. The first-order valence-electron chi connectivity index (χ1n) is 8.99. The smallest absolute Gasteiger partial charge is 0.255 e. The van der Waals surface area contributed by atoms with Gasteiger partial charge in [-0.3, -0.25) is 9.48 Å². The van der Waals surface area contributed by atoms with Crippen LogP contribution >= 0.6 is 11.3 Å². The van der Waals surface area contributed by atoms with E-state index in [1.165, 1.54) is 0 Å². The van der Waals surface area contributed by atoms with E-state index < -0.39 is 0 Å². The SMILES string of the molecule is Cc1nn(C)c2nc(-c3cccs3)cc(C(=O)N3CCCCC3CN)c12.